The molecule has 2 N–H and O–H groups in total. The molecule has 0 spiro atoms. The lowest BCUT2D eigenvalue weighted by molar-refractivity contribution is 0.109. The molecule has 2 atom stereocenters. The fourth-order valence-corrected chi connectivity index (χ4v) is 1.91. The van der Waals surface area contributed by atoms with Gasteiger partial charge in [-0.3, -0.25) is 0 Å². The predicted molar refractivity (Wildman–Crippen MR) is 77.3 cm³/mol. The van der Waals surface area contributed by atoms with Crippen molar-refractivity contribution in [3.8, 4) is 5.75 Å². The molecule has 0 aliphatic heterocycles. The summed E-state index contributed by atoms with van der Waals surface area (Å²) >= 11 is 0. The number of hydrogen-bond donors (Lipinski definition) is 2. The highest BCUT2D eigenvalue weighted by Gasteiger charge is 2.23. The third kappa shape index (κ3) is 3.94. The maximum absolute atomic E-state index is 10.3. The lowest BCUT2D eigenvalue weighted by Gasteiger charge is -2.24. The first-order valence-corrected chi connectivity index (χ1v) is 6.37. The first-order chi connectivity index (χ1) is 8.94. The Labute approximate surface area is 114 Å². The van der Waals surface area contributed by atoms with Crippen LogP contribution in [0.2, 0.25) is 0 Å². The third-order valence-corrected chi connectivity index (χ3v) is 3.03. The van der Waals surface area contributed by atoms with Gasteiger partial charge in [0.2, 0.25) is 0 Å². The molecule has 1 aromatic rings. The lowest BCUT2D eigenvalue weighted by Crippen LogP contribution is -2.21. The zero-order valence-corrected chi connectivity index (χ0v) is 11.6. The Morgan fingerprint density at radius 3 is 2.63 bits per heavy atom. The van der Waals surface area contributed by atoms with E-state index in [2.05, 4.69) is 13.2 Å². The zero-order chi connectivity index (χ0) is 14.5. The Bertz CT molecular complexity index is 449. The molecule has 0 saturated heterocycles. The summed E-state index contributed by atoms with van der Waals surface area (Å²) in [5, 5.41) is 20.0. The molecule has 0 aliphatic rings. The topological polar surface area (TPSA) is 49.7 Å². The van der Waals surface area contributed by atoms with E-state index in [0.29, 0.717) is 18.6 Å². The van der Waals surface area contributed by atoms with Crippen LogP contribution in [0, 0.1) is 0 Å². The summed E-state index contributed by atoms with van der Waals surface area (Å²) in [5.74, 6) is 0.720. The molecular formula is C16H22O3. The number of aliphatic hydroxyl groups is 2. The molecule has 0 saturated carbocycles. The predicted octanol–water partition coefficient (Wildman–Crippen LogP) is 2.57. The Morgan fingerprint density at radius 2 is 2.11 bits per heavy atom. The molecule has 0 bridgehead atoms. The second-order valence-corrected chi connectivity index (χ2v) is 4.61. The van der Waals surface area contributed by atoms with Crippen LogP contribution < -0.4 is 4.74 Å². The molecule has 2 unspecified atom stereocenters. The van der Waals surface area contributed by atoms with E-state index < -0.39 is 11.7 Å². The minimum absolute atomic E-state index is 0.379. The van der Waals surface area contributed by atoms with Gasteiger partial charge in [0.25, 0.3) is 0 Å². The fourth-order valence-electron chi connectivity index (χ4n) is 1.91. The van der Waals surface area contributed by atoms with Crippen LogP contribution in [0.5, 0.6) is 5.75 Å². The van der Waals surface area contributed by atoms with Gasteiger partial charge in [0.1, 0.15) is 11.4 Å². The Balaban J connectivity index is 3.21. The second kappa shape index (κ2) is 6.55. The fraction of sp³-hybridized carbons (Fsp3) is 0.375. The van der Waals surface area contributed by atoms with E-state index in [1.54, 1.807) is 19.1 Å². The summed E-state index contributed by atoms with van der Waals surface area (Å²) in [7, 11) is 0. The van der Waals surface area contributed by atoms with Crippen LogP contribution >= 0.6 is 0 Å². The molecule has 0 fully saturated rings. The Morgan fingerprint density at radius 1 is 1.42 bits per heavy atom. The smallest absolute Gasteiger partial charge is 0.119 e. The minimum atomic E-state index is -1.14. The van der Waals surface area contributed by atoms with E-state index in [0.717, 1.165) is 11.3 Å². The number of aliphatic hydroxyl groups excluding tert-OH is 1. The van der Waals surface area contributed by atoms with Crippen molar-refractivity contribution in [1.29, 1.82) is 0 Å². The van der Waals surface area contributed by atoms with E-state index >= 15 is 0 Å². The highest BCUT2D eigenvalue weighted by atomic mass is 16.5. The van der Waals surface area contributed by atoms with Gasteiger partial charge in [0.05, 0.1) is 12.7 Å². The summed E-state index contributed by atoms with van der Waals surface area (Å²) < 4.78 is 5.45. The molecular weight excluding hydrogens is 240 g/mol. The van der Waals surface area contributed by atoms with Crippen LogP contribution in [0.1, 0.15) is 25.0 Å². The average Bonchev–Trinajstić information content (AvgIpc) is 2.39. The van der Waals surface area contributed by atoms with E-state index in [-0.39, 0.29) is 0 Å². The Hall–Kier alpha value is -1.58. The van der Waals surface area contributed by atoms with Crippen LogP contribution in [0.4, 0.5) is 0 Å². The molecule has 0 amide bonds. The van der Waals surface area contributed by atoms with Gasteiger partial charge in [-0.15, -0.1) is 6.58 Å². The normalized spacial score (nSPS) is 15.4. The minimum Gasteiger partial charge on any atom is -0.494 e. The van der Waals surface area contributed by atoms with E-state index in [1.165, 1.54) is 12.2 Å². The van der Waals surface area contributed by atoms with Gasteiger partial charge >= 0.3 is 0 Å². The largest absolute Gasteiger partial charge is 0.494 e. The maximum Gasteiger partial charge on any atom is 0.119 e. The number of ether oxygens (including phenoxy) is 1. The lowest BCUT2D eigenvalue weighted by atomic mass is 9.89. The number of hydrogen-bond acceptors (Lipinski definition) is 3. The van der Waals surface area contributed by atoms with Gasteiger partial charge < -0.3 is 14.9 Å². The highest BCUT2D eigenvalue weighted by molar-refractivity contribution is 5.41. The molecule has 19 heavy (non-hydrogen) atoms. The standard InChI is InChI=1S/C16H22O3/c1-5-13(17)10-12-11-14(19-7-3)8-9-15(12)16(4,18)6-2/h5-6,8-9,11,13,17-18H,1-2,7,10H2,3-4H3. The van der Waals surface area contributed by atoms with Gasteiger partial charge in [-0.2, -0.15) is 0 Å². The molecule has 0 radical (unpaired) electrons. The molecule has 1 rings (SSSR count). The third-order valence-electron chi connectivity index (χ3n) is 3.03. The number of rotatable bonds is 7. The highest BCUT2D eigenvalue weighted by Crippen LogP contribution is 2.29. The number of benzene rings is 1. The van der Waals surface area contributed by atoms with Crippen LogP contribution in [-0.2, 0) is 12.0 Å². The summed E-state index contributed by atoms with van der Waals surface area (Å²) in [4.78, 5) is 0. The van der Waals surface area contributed by atoms with Crippen LogP contribution in [-0.4, -0.2) is 22.9 Å². The summed E-state index contributed by atoms with van der Waals surface area (Å²) in [6.07, 6.45) is 2.67. The Kier molecular flexibility index (Phi) is 5.33. The van der Waals surface area contributed by atoms with E-state index in [1.807, 2.05) is 13.0 Å². The summed E-state index contributed by atoms with van der Waals surface area (Å²) in [5.41, 5.74) is 0.399. The first kappa shape index (κ1) is 15.5. The second-order valence-electron chi connectivity index (χ2n) is 4.61. The quantitative estimate of drug-likeness (QED) is 0.742. The monoisotopic (exact) mass is 262 g/mol. The first-order valence-electron chi connectivity index (χ1n) is 6.37. The van der Waals surface area contributed by atoms with Crippen molar-refractivity contribution in [3.05, 3.63) is 54.6 Å². The van der Waals surface area contributed by atoms with Crippen molar-refractivity contribution in [2.45, 2.75) is 32.0 Å². The van der Waals surface area contributed by atoms with Gasteiger partial charge in [-0.25, -0.2) is 0 Å². The SMILES string of the molecule is C=CC(O)Cc1cc(OCC)ccc1C(C)(O)C=C. The summed E-state index contributed by atoms with van der Waals surface area (Å²) in [6, 6.07) is 5.45. The maximum atomic E-state index is 10.3. The van der Waals surface area contributed by atoms with Crippen molar-refractivity contribution in [1.82, 2.24) is 0 Å². The van der Waals surface area contributed by atoms with Crippen molar-refractivity contribution in [2.24, 2.45) is 0 Å². The molecule has 3 heteroatoms. The molecule has 0 heterocycles. The van der Waals surface area contributed by atoms with Gasteiger partial charge in [-0.1, -0.05) is 24.8 Å². The molecule has 0 aromatic heterocycles. The molecule has 0 aliphatic carbocycles. The van der Waals surface area contributed by atoms with Crippen LogP contribution in [0.3, 0.4) is 0 Å². The summed E-state index contributed by atoms with van der Waals surface area (Å²) in [6.45, 7) is 11.4. The molecule has 1 aromatic carbocycles. The van der Waals surface area contributed by atoms with Crippen molar-refractivity contribution in [2.75, 3.05) is 6.61 Å². The average molecular weight is 262 g/mol. The van der Waals surface area contributed by atoms with E-state index in [9.17, 15) is 10.2 Å². The molecule has 104 valence electrons. The van der Waals surface area contributed by atoms with Crippen molar-refractivity contribution < 1.29 is 14.9 Å². The van der Waals surface area contributed by atoms with Gasteiger partial charge in [-0.05, 0) is 37.1 Å². The van der Waals surface area contributed by atoms with Gasteiger partial charge in [0.15, 0.2) is 0 Å². The zero-order valence-electron chi connectivity index (χ0n) is 11.6. The van der Waals surface area contributed by atoms with Crippen molar-refractivity contribution >= 4 is 0 Å². The van der Waals surface area contributed by atoms with Crippen molar-refractivity contribution in [3.63, 3.8) is 0 Å². The molecule has 3 nitrogen and oxygen atoms in total. The van der Waals surface area contributed by atoms with E-state index in [4.69, 9.17) is 4.74 Å². The van der Waals surface area contributed by atoms with Gasteiger partial charge in [0, 0.05) is 6.42 Å². The van der Waals surface area contributed by atoms with Crippen LogP contribution in [0.15, 0.2) is 43.5 Å². The van der Waals surface area contributed by atoms with Crippen LogP contribution in [0.25, 0.3) is 0 Å².